The number of nitro benzene ring substituents is 1. The van der Waals surface area contributed by atoms with Gasteiger partial charge in [-0.05, 0) is 12.1 Å². The van der Waals surface area contributed by atoms with E-state index in [0.29, 0.717) is 0 Å². The van der Waals surface area contributed by atoms with Crippen molar-refractivity contribution in [1.82, 2.24) is 5.32 Å². The van der Waals surface area contributed by atoms with E-state index in [4.69, 9.17) is 9.88 Å². The summed E-state index contributed by atoms with van der Waals surface area (Å²) in [5.41, 5.74) is -0.335. The van der Waals surface area contributed by atoms with Crippen LogP contribution in [-0.4, -0.2) is 38.7 Å². The Hall–Kier alpha value is -2.20. The molecule has 0 atom stereocenters. The first-order chi connectivity index (χ1) is 9.24. The highest BCUT2D eigenvalue weighted by atomic mass is 32.2. The van der Waals surface area contributed by atoms with Crippen molar-refractivity contribution in [3.63, 3.8) is 0 Å². The number of rotatable bonds is 6. The van der Waals surface area contributed by atoms with Crippen LogP contribution in [0.15, 0.2) is 18.2 Å². The number of ether oxygens (including phenoxy) is 1. The summed E-state index contributed by atoms with van der Waals surface area (Å²) in [6.45, 7) is -0.183. The Kier molecular flexibility index (Phi) is 5.00. The van der Waals surface area contributed by atoms with E-state index < -0.39 is 26.6 Å². The number of hydrogen-bond acceptors (Lipinski definition) is 6. The molecule has 0 aliphatic rings. The van der Waals surface area contributed by atoms with Crippen molar-refractivity contribution in [2.75, 3.05) is 19.4 Å². The molecule has 1 amide bonds. The van der Waals surface area contributed by atoms with Crippen molar-refractivity contribution < 1.29 is 22.9 Å². The monoisotopic (exact) mass is 303 g/mol. The minimum atomic E-state index is -3.68. The molecule has 1 aromatic carbocycles. The maximum atomic E-state index is 11.7. The van der Waals surface area contributed by atoms with Crippen LogP contribution in [0.3, 0.4) is 0 Å². The Labute approximate surface area is 114 Å². The summed E-state index contributed by atoms with van der Waals surface area (Å²) in [4.78, 5) is 21.8. The molecule has 0 aliphatic heterocycles. The van der Waals surface area contributed by atoms with Gasteiger partial charge < -0.3 is 10.1 Å². The highest BCUT2D eigenvalue weighted by Gasteiger charge is 2.18. The molecule has 20 heavy (non-hydrogen) atoms. The van der Waals surface area contributed by atoms with E-state index in [2.05, 4.69) is 5.32 Å². The van der Waals surface area contributed by atoms with E-state index in [1.807, 2.05) is 0 Å². The molecule has 0 heterocycles. The largest absolute Gasteiger partial charge is 0.490 e. The molecular weight excluding hydrogens is 290 g/mol. The molecule has 10 heteroatoms. The van der Waals surface area contributed by atoms with Gasteiger partial charge in [0.2, 0.25) is 10.0 Å². The lowest BCUT2D eigenvalue weighted by Gasteiger charge is -2.06. The topological polar surface area (TPSA) is 142 Å². The first kappa shape index (κ1) is 15.9. The van der Waals surface area contributed by atoms with Gasteiger partial charge in [0.15, 0.2) is 5.75 Å². The number of carbonyl (C=O) groups is 1. The van der Waals surface area contributed by atoms with Crippen molar-refractivity contribution in [2.24, 2.45) is 5.14 Å². The fourth-order valence-electron chi connectivity index (χ4n) is 1.38. The van der Waals surface area contributed by atoms with E-state index in [1.165, 1.54) is 19.2 Å². The zero-order chi connectivity index (χ0) is 15.3. The maximum absolute atomic E-state index is 11.7. The zero-order valence-corrected chi connectivity index (χ0v) is 11.3. The van der Waals surface area contributed by atoms with Crippen LogP contribution in [0.4, 0.5) is 5.69 Å². The molecule has 0 spiro atoms. The van der Waals surface area contributed by atoms with Crippen LogP contribution in [0.2, 0.25) is 0 Å². The number of nitro groups is 1. The molecule has 0 fully saturated rings. The minimum Gasteiger partial charge on any atom is -0.490 e. The molecule has 9 nitrogen and oxygen atoms in total. The lowest BCUT2D eigenvalue weighted by molar-refractivity contribution is -0.385. The van der Waals surface area contributed by atoms with Crippen LogP contribution in [0.5, 0.6) is 5.75 Å². The van der Waals surface area contributed by atoms with E-state index in [9.17, 15) is 23.3 Å². The van der Waals surface area contributed by atoms with Crippen molar-refractivity contribution in [3.05, 3.63) is 33.9 Å². The van der Waals surface area contributed by atoms with Crippen LogP contribution in [0.25, 0.3) is 0 Å². The number of amides is 1. The average molecular weight is 303 g/mol. The second kappa shape index (κ2) is 6.30. The lowest BCUT2D eigenvalue weighted by atomic mass is 10.1. The summed E-state index contributed by atoms with van der Waals surface area (Å²) in [5.74, 6) is -1.03. The third-order valence-electron chi connectivity index (χ3n) is 2.31. The highest BCUT2D eigenvalue weighted by molar-refractivity contribution is 7.89. The second-order valence-electron chi connectivity index (χ2n) is 3.77. The summed E-state index contributed by atoms with van der Waals surface area (Å²) in [6.07, 6.45) is 0. The maximum Gasteiger partial charge on any atom is 0.311 e. The van der Waals surface area contributed by atoms with Crippen molar-refractivity contribution in [2.45, 2.75) is 0 Å². The number of primary sulfonamides is 1. The molecule has 1 aromatic rings. The molecule has 0 aromatic heterocycles. The van der Waals surface area contributed by atoms with Crippen LogP contribution in [0, 0.1) is 10.1 Å². The predicted octanol–water partition coefficient (Wildman–Crippen LogP) is -0.378. The smallest absolute Gasteiger partial charge is 0.311 e. The van der Waals surface area contributed by atoms with E-state index in [1.54, 1.807) is 0 Å². The molecule has 110 valence electrons. The summed E-state index contributed by atoms with van der Waals surface area (Å²) >= 11 is 0. The molecule has 0 bridgehead atoms. The van der Waals surface area contributed by atoms with Gasteiger partial charge in [-0.1, -0.05) is 0 Å². The quantitative estimate of drug-likeness (QED) is 0.542. The number of carbonyl (C=O) groups excluding carboxylic acids is 1. The summed E-state index contributed by atoms with van der Waals surface area (Å²) in [7, 11) is -2.41. The van der Waals surface area contributed by atoms with Crippen molar-refractivity contribution in [3.8, 4) is 5.75 Å². The van der Waals surface area contributed by atoms with Crippen LogP contribution < -0.4 is 15.2 Å². The van der Waals surface area contributed by atoms with Crippen molar-refractivity contribution in [1.29, 1.82) is 0 Å². The normalized spacial score (nSPS) is 10.9. The zero-order valence-electron chi connectivity index (χ0n) is 10.5. The predicted molar refractivity (Wildman–Crippen MR) is 70.0 cm³/mol. The highest BCUT2D eigenvalue weighted by Crippen LogP contribution is 2.27. The standard InChI is InChI=1S/C10H13N3O6S/c1-19-9-3-2-7(6-8(9)13(15)16)10(14)12-4-5-20(11,17)18/h2-3,6H,4-5H2,1H3,(H,12,14)(H2,11,17,18). The van der Waals surface area contributed by atoms with Gasteiger partial charge in [-0.25, -0.2) is 13.6 Å². The summed E-state index contributed by atoms with van der Waals surface area (Å²) in [5, 5.41) is 17.9. The Morgan fingerprint density at radius 1 is 1.50 bits per heavy atom. The Morgan fingerprint density at radius 2 is 2.15 bits per heavy atom. The third kappa shape index (κ3) is 4.48. The third-order valence-corrected chi connectivity index (χ3v) is 3.08. The van der Waals surface area contributed by atoms with Gasteiger partial charge in [-0.3, -0.25) is 14.9 Å². The average Bonchev–Trinajstić information content (AvgIpc) is 2.36. The van der Waals surface area contributed by atoms with Gasteiger partial charge in [-0.15, -0.1) is 0 Å². The fraction of sp³-hybridized carbons (Fsp3) is 0.300. The molecular formula is C10H13N3O6S. The number of hydrogen-bond donors (Lipinski definition) is 2. The summed E-state index contributed by atoms with van der Waals surface area (Å²) in [6, 6.07) is 3.66. The molecule has 0 saturated carbocycles. The molecule has 0 unspecified atom stereocenters. The van der Waals surface area contributed by atoms with Gasteiger partial charge in [0.25, 0.3) is 5.91 Å². The van der Waals surface area contributed by atoms with Crippen LogP contribution in [0.1, 0.15) is 10.4 Å². The molecule has 0 radical (unpaired) electrons. The SMILES string of the molecule is COc1ccc(C(=O)NCCS(N)(=O)=O)cc1[N+](=O)[O-]. The van der Waals surface area contributed by atoms with Crippen molar-refractivity contribution >= 4 is 21.6 Å². The minimum absolute atomic E-state index is 0.0203. The van der Waals surface area contributed by atoms with Gasteiger partial charge in [-0.2, -0.15) is 0 Å². The van der Waals surface area contributed by atoms with Gasteiger partial charge >= 0.3 is 5.69 Å². The Bertz CT molecular complexity index is 628. The van der Waals surface area contributed by atoms with Gasteiger partial charge in [0.1, 0.15) is 0 Å². The summed E-state index contributed by atoms with van der Waals surface area (Å²) < 4.78 is 26.2. The Morgan fingerprint density at radius 3 is 2.65 bits per heavy atom. The first-order valence-electron chi connectivity index (χ1n) is 5.35. The number of nitrogens with two attached hydrogens (primary N) is 1. The second-order valence-corrected chi connectivity index (χ2v) is 5.50. The lowest BCUT2D eigenvalue weighted by Crippen LogP contribution is -2.31. The van der Waals surface area contributed by atoms with Crippen LogP contribution >= 0.6 is 0 Å². The molecule has 0 saturated heterocycles. The first-order valence-corrected chi connectivity index (χ1v) is 7.07. The number of nitrogens with one attached hydrogen (secondary N) is 1. The number of nitrogens with zero attached hydrogens (tertiary/aromatic N) is 1. The fourth-order valence-corrected chi connectivity index (χ4v) is 1.77. The number of methoxy groups -OCH3 is 1. The Balaban J connectivity index is 2.84. The number of benzene rings is 1. The molecule has 3 N–H and O–H groups in total. The van der Waals surface area contributed by atoms with E-state index in [0.717, 1.165) is 6.07 Å². The van der Waals surface area contributed by atoms with E-state index in [-0.39, 0.29) is 23.5 Å². The molecule has 0 aliphatic carbocycles. The van der Waals surface area contributed by atoms with Gasteiger partial charge in [0, 0.05) is 18.2 Å². The van der Waals surface area contributed by atoms with Crippen LogP contribution in [-0.2, 0) is 10.0 Å². The van der Waals surface area contributed by atoms with Gasteiger partial charge in [0.05, 0.1) is 17.8 Å². The number of sulfonamides is 1. The van der Waals surface area contributed by atoms with E-state index >= 15 is 0 Å². The molecule has 1 rings (SSSR count).